The second-order valence-corrected chi connectivity index (χ2v) is 14.1. The van der Waals surface area contributed by atoms with E-state index in [9.17, 15) is 0 Å². The molecule has 0 spiro atoms. The zero-order chi connectivity index (χ0) is 34.4. The van der Waals surface area contributed by atoms with Gasteiger partial charge >= 0.3 is 0 Å². The second kappa shape index (κ2) is 9.75. The highest BCUT2D eigenvalue weighted by Crippen LogP contribution is 2.48. The van der Waals surface area contributed by atoms with Gasteiger partial charge in [0.25, 0.3) is 0 Å². The molecular formula is C48H26N4O. The SMILES string of the molecule is c1ccc2cc(-c3nc(-n4c5ccccc5c5cc6c7c8ccccc8ccc7n7c8ccccc8c(c54)c67)nc4oc5ccccc5c34)ccc2c1. The molecule has 0 atom stereocenters. The fraction of sp³-hybridized carbons (Fsp3) is 0. The van der Waals surface area contributed by atoms with Gasteiger partial charge < -0.3 is 8.82 Å². The second-order valence-electron chi connectivity index (χ2n) is 14.1. The smallest absolute Gasteiger partial charge is 0.238 e. The number of hydrogen-bond donors (Lipinski definition) is 0. The monoisotopic (exact) mass is 674 g/mol. The molecular weight excluding hydrogens is 649 g/mol. The molecule has 5 heterocycles. The average Bonchev–Trinajstić information content (AvgIpc) is 3.95. The van der Waals surface area contributed by atoms with Gasteiger partial charge in [0.2, 0.25) is 11.7 Å². The van der Waals surface area contributed by atoms with Crippen LogP contribution >= 0.6 is 0 Å². The number of rotatable bonds is 2. The van der Waals surface area contributed by atoms with Crippen molar-refractivity contribution in [3.8, 4) is 17.2 Å². The Morgan fingerprint density at radius 3 is 2.00 bits per heavy atom. The predicted molar refractivity (Wildman–Crippen MR) is 219 cm³/mol. The molecule has 0 amide bonds. The van der Waals surface area contributed by atoms with Gasteiger partial charge in [-0.1, -0.05) is 121 Å². The van der Waals surface area contributed by atoms with Crippen molar-refractivity contribution in [3.63, 3.8) is 0 Å². The maximum atomic E-state index is 6.57. The highest BCUT2D eigenvalue weighted by molar-refractivity contribution is 6.36. The summed E-state index contributed by atoms with van der Waals surface area (Å²) in [5.74, 6) is 0.582. The summed E-state index contributed by atoms with van der Waals surface area (Å²) in [5.41, 5.74) is 9.01. The summed E-state index contributed by atoms with van der Waals surface area (Å²) in [7, 11) is 0. The maximum Gasteiger partial charge on any atom is 0.238 e. The van der Waals surface area contributed by atoms with E-state index in [4.69, 9.17) is 14.4 Å². The van der Waals surface area contributed by atoms with Crippen LogP contribution in [0, 0.1) is 0 Å². The van der Waals surface area contributed by atoms with Gasteiger partial charge in [0.15, 0.2) is 0 Å². The molecule has 0 saturated heterocycles. The Kier molecular flexibility index (Phi) is 5.06. The van der Waals surface area contributed by atoms with Crippen molar-refractivity contribution in [2.45, 2.75) is 0 Å². The number of nitrogens with zero attached hydrogens (tertiary/aromatic N) is 4. The molecule has 0 unspecified atom stereocenters. The van der Waals surface area contributed by atoms with E-state index in [2.05, 4.69) is 155 Å². The van der Waals surface area contributed by atoms with Gasteiger partial charge in [-0.25, -0.2) is 4.98 Å². The summed E-state index contributed by atoms with van der Waals surface area (Å²) < 4.78 is 11.3. The third-order valence-electron chi connectivity index (χ3n) is 11.4. The lowest BCUT2D eigenvalue weighted by molar-refractivity contribution is 0.651. The van der Waals surface area contributed by atoms with Crippen molar-refractivity contribution < 1.29 is 4.42 Å². The van der Waals surface area contributed by atoms with Gasteiger partial charge in [0.1, 0.15) is 5.58 Å². The van der Waals surface area contributed by atoms with Crippen LogP contribution in [0.1, 0.15) is 0 Å². The van der Waals surface area contributed by atoms with Crippen molar-refractivity contribution >= 4 is 104 Å². The summed E-state index contributed by atoms with van der Waals surface area (Å²) in [4.78, 5) is 10.8. The van der Waals surface area contributed by atoms with Gasteiger partial charge in [-0.05, 0) is 57.9 Å². The number of para-hydroxylation sites is 3. The number of fused-ring (bicyclic) bond motifs is 16. The van der Waals surface area contributed by atoms with Gasteiger partial charge in [-0.15, -0.1) is 0 Å². The molecule has 244 valence electrons. The first-order valence-corrected chi connectivity index (χ1v) is 18.0. The van der Waals surface area contributed by atoms with Crippen LogP contribution in [0.15, 0.2) is 162 Å². The fourth-order valence-electron chi connectivity index (χ4n) is 9.24. The first kappa shape index (κ1) is 27.5. The van der Waals surface area contributed by atoms with Crippen LogP contribution in [-0.4, -0.2) is 18.9 Å². The van der Waals surface area contributed by atoms with Crippen LogP contribution in [0.25, 0.3) is 121 Å². The van der Waals surface area contributed by atoms with E-state index < -0.39 is 0 Å². The fourth-order valence-corrected chi connectivity index (χ4v) is 9.24. The lowest BCUT2D eigenvalue weighted by Crippen LogP contribution is -2.03. The first-order chi connectivity index (χ1) is 26.3. The normalized spacial score (nSPS) is 12.5. The van der Waals surface area contributed by atoms with Gasteiger partial charge in [0, 0.05) is 43.3 Å². The molecule has 0 saturated carbocycles. The molecule has 0 aliphatic carbocycles. The third-order valence-corrected chi connectivity index (χ3v) is 11.4. The predicted octanol–water partition coefficient (Wildman–Crippen LogP) is 12.6. The third kappa shape index (κ3) is 3.46. The molecule has 13 aromatic rings. The summed E-state index contributed by atoms with van der Waals surface area (Å²) in [6.45, 7) is 0. The van der Waals surface area contributed by atoms with Crippen molar-refractivity contribution in [1.82, 2.24) is 18.9 Å². The van der Waals surface area contributed by atoms with Crippen molar-refractivity contribution in [2.24, 2.45) is 0 Å². The van der Waals surface area contributed by atoms with E-state index in [0.29, 0.717) is 11.7 Å². The molecule has 5 aromatic heterocycles. The lowest BCUT2D eigenvalue weighted by Gasteiger charge is -2.11. The Bertz CT molecular complexity index is 3700. The molecule has 5 heteroatoms. The summed E-state index contributed by atoms with van der Waals surface area (Å²) in [6.07, 6.45) is 0. The van der Waals surface area contributed by atoms with E-state index in [-0.39, 0.29) is 0 Å². The summed E-state index contributed by atoms with van der Waals surface area (Å²) in [6, 6.07) is 56.4. The van der Waals surface area contributed by atoms with Gasteiger partial charge in [0.05, 0.1) is 38.7 Å². The zero-order valence-corrected chi connectivity index (χ0v) is 28.2. The molecule has 5 nitrogen and oxygen atoms in total. The Hall–Kier alpha value is -7.24. The molecule has 13 rings (SSSR count). The number of hydrogen-bond acceptors (Lipinski definition) is 3. The summed E-state index contributed by atoms with van der Waals surface area (Å²) >= 11 is 0. The van der Waals surface area contributed by atoms with Crippen LogP contribution < -0.4 is 0 Å². The number of benzene rings is 8. The van der Waals surface area contributed by atoms with E-state index >= 15 is 0 Å². The number of furan rings is 1. The first-order valence-electron chi connectivity index (χ1n) is 18.0. The minimum absolute atomic E-state index is 0.573. The molecule has 8 aromatic carbocycles. The van der Waals surface area contributed by atoms with E-state index in [1.165, 1.54) is 59.6 Å². The summed E-state index contributed by atoms with van der Waals surface area (Å²) in [5, 5.41) is 14.1. The topological polar surface area (TPSA) is 48.3 Å². The zero-order valence-electron chi connectivity index (χ0n) is 28.2. The molecule has 53 heavy (non-hydrogen) atoms. The molecule has 0 aliphatic heterocycles. The Morgan fingerprint density at radius 1 is 0.415 bits per heavy atom. The van der Waals surface area contributed by atoms with Crippen molar-refractivity contribution in [1.29, 1.82) is 0 Å². The van der Waals surface area contributed by atoms with Crippen molar-refractivity contribution in [3.05, 3.63) is 158 Å². The Balaban J connectivity index is 1.24. The highest BCUT2D eigenvalue weighted by Gasteiger charge is 2.27. The number of aromatic nitrogens is 4. The van der Waals surface area contributed by atoms with Gasteiger partial charge in [-0.3, -0.25) is 4.57 Å². The minimum atomic E-state index is 0.573. The van der Waals surface area contributed by atoms with E-state index in [1.54, 1.807) is 0 Å². The lowest BCUT2D eigenvalue weighted by atomic mass is 10.00. The van der Waals surface area contributed by atoms with E-state index in [1.807, 2.05) is 12.1 Å². The standard InChI is InChI=1S/C48H26N4O/c1-2-13-29-25-30(22-21-27(29)11-1)44-42-34-17-7-10-20-40(34)53-47(42)50-48(49-44)52-37-18-8-5-15-32(37)35-26-36-41-31-14-4-3-12-28(31)23-24-39(41)51-38-19-9-6-16-33(38)43(45(35)52)46(36)51/h1-26H. The Morgan fingerprint density at radius 2 is 1.11 bits per heavy atom. The maximum absolute atomic E-state index is 6.57. The van der Waals surface area contributed by atoms with E-state index in [0.717, 1.165) is 49.4 Å². The molecule has 0 bridgehead atoms. The van der Waals surface area contributed by atoms with Crippen LogP contribution in [0.2, 0.25) is 0 Å². The minimum Gasteiger partial charge on any atom is -0.437 e. The molecule has 0 N–H and O–H groups in total. The molecule has 0 radical (unpaired) electrons. The average molecular weight is 675 g/mol. The van der Waals surface area contributed by atoms with Crippen LogP contribution in [-0.2, 0) is 0 Å². The van der Waals surface area contributed by atoms with Crippen molar-refractivity contribution in [2.75, 3.05) is 0 Å². The highest BCUT2D eigenvalue weighted by atomic mass is 16.3. The van der Waals surface area contributed by atoms with Crippen LogP contribution in [0.4, 0.5) is 0 Å². The molecule has 0 fully saturated rings. The largest absolute Gasteiger partial charge is 0.437 e. The van der Waals surface area contributed by atoms with Crippen LogP contribution in [0.5, 0.6) is 0 Å². The Labute approximate surface area is 300 Å². The quantitative estimate of drug-likeness (QED) is 0.183. The van der Waals surface area contributed by atoms with Gasteiger partial charge in [-0.2, -0.15) is 4.98 Å². The molecule has 0 aliphatic rings. The van der Waals surface area contributed by atoms with Crippen LogP contribution in [0.3, 0.4) is 0 Å².